The Kier molecular flexibility index (Phi) is 7.52. The van der Waals surface area contributed by atoms with Crippen LogP contribution in [0.2, 0.25) is 0 Å². The van der Waals surface area contributed by atoms with E-state index < -0.39 is 11.8 Å². The summed E-state index contributed by atoms with van der Waals surface area (Å²) in [6.45, 7) is 6.38. The van der Waals surface area contributed by atoms with Crippen molar-refractivity contribution in [2.75, 3.05) is 20.3 Å². The van der Waals surface area contributed by atoms with Crippen LogP contribution >= 0.6 is 0 Å². The third-order valence-corrected chi connectivity index (χ3v) is 5.20. The molecule has 0 N–H and O–H groups in total. The number of imide groups is 1. The van der Waals surface area contributed by atoms with E-state index in [0.717, 1.165) is 10.5 Å². The van der Waals surface area contributed by atoms with Crippen LogP contribution in [-0.4, -0.2) is 37.0 Å². The first-order valence-electron chi connectivity index (χ1n) is 10.6. The Bertz CT molecular complexity index is 1160. The molecule has 0 atom stereocenters. The number of amides is 2. The van der Waals surface area contributed by atoms with Gasteiger partial charge >= 0.3 is 0 Å². The first kappa shape index (κ1) is 23.6. The smallest absolute Gasteiger partial charge is 0.271 e. The van der Waals surface area contributed by atoms with E-state index in [4.69, 9.17) is 14.2 Å². The van der Waals surface area contributed by atoms with Gasteiger partial charge in [0.25, 0.3) is 11.8 Å². The Morgan fingerprint density at radius 1 is 0.970 bits per heavy atom. The molecule has 0 saturated heterocycles. The Morgan fingerprint density at radius 2 is 1.64 bits per heavy atom. The second kappa shape index (κ2) is 10.5. The number of carbonyl (C=O) groups excluding carboxylic acids is 2. The Morgan fingerprint density at radius 3 is 2.24 bits per heavy atom. The summed E-state index contributed by atoms with van der Waals surface area (Å²) < 4.78 is 16.4. The summed E-state index contributed by atoms with van der Waals surface area (Å²) in [4.78, 5) is 27.3. The van der Waals surface area contributed by atoms with E-state index in [1.54, 1.807) is 62.6 Å². The van der Waals surface area contributed by atoms with E-state index in [9.17, 15) is 14.9 Å². The van der Waals surface area contributed by atoms with Crippen LogP contribution in [0, 0.1) is 11.3 Å². The first-order chi connectivity index (χ1) is 15.9. The molecule has 1 aliphatic rings. The van der Waals surface area contributed by atoms with Gasteiger partial charge in [-0.05, 0) is 67.8 Å². The van der Waals surface area contributed by atoms with Crippen molar-refractivity contribution < 1.29 is 23.8 Å². The molecule has 33 heavy (non-hydrogen) atoms. The molecule has 2 aromatic rings. The summed E-state index contributed by atoms with van der Waals surface area (Å²) in [5.74, 6) is 0.779. The minimum Gasteiger partial charge on any atom is -0.497 e. The summed E-state index contributed by atoms with van der Waals surface area (Å²) in [5, 5.41) is 9.62. The largest absolute Gasteiger partial charge is 0.497 e. The highest BCUT2D eigenvalue weighted by Gasteiger charge is 2.35. The molecule has 0 unspecified atom stereocenters. The van der Waals surface area contributed by atoms with Gasteiger partial charge in [-0.25, -0.2) is 0 Å². The van der Waals surface area contributed by atoms with Gasteiger partial charge in [-0.2, -0.15) is 5.26 Å². The van der Waals surface area contributed by atoms with E-state index in [2.05, 4.69) is 0 Å². The summed E-state index contributed by atoms with van der Waals surface area (Å²) in [7, 11) is 1.56. The zero-order valence-corrected chi connectivity index (χ0v) is 19.2. The molecule has 0 aliphatic carbocycles. The predicted octanol–water partition coefficient (Wildman–Crippen LogP) is 4.29. The molecule has 170 valence electrons. The van der Waals surface area contributed by atoms with Crippen molar-refractivity contribution in [1.29, 1.82) is 5.26 Å². The average molecular weight is 447 g/mol. The number of methoxy groups -OCH3 is 1. The Hall–Kier alpha value is -4.05. The van der Waals surface area contributed by atoms with Crippen molar-refractivity contribution in [3.05, 3.63) is 70.3 Å². The van der Waals surface area contributed by atoms with Gasteiger partial charge in [0.05, 0.1) is 26.9 Å². The number of ether oxygens (including phenoxy) is 3. The van der Waals surface area contributed by atoms with Crippen LogP contribution in [0.3, 0.4) is 0 Å². The van der Waals surface area contributed by atoms with Crippen molar-refractivity contribution in [2.45, 2.75) is 27.3 Å². The number of benzene rings is 2. The fourth-order valence-corrected chi connectivity index (χ4v) is 3.51. The van der Waals surface area contributed by atoms with E-state index >= 15 is 0 Å². The van der Waals surface area contributed by atoms with Crippen LogP contribution in [0.25, 0.3) is 6.08 Å². The molecule has 1 heterocycles. The van der Waals surface area contributed by atoms with Crippen molar-refractivity contribution in [1.82, 2.24) is 4.90 Å². The zero-order valence-electron chi connectivity index (χ0n) is 19.2. The average Bonchev–Trinajstić information content (AvgIpc) is 2.82. The van der Waals surface area contributed by atoms with Crippen LogP contribution < -0.4 is 14.2 Å². The highest BCUT2D eigenvalue weighted by atomic mass is 16.5. The van der Waals surface area contributed by atoms with Crippen LogP contribution in [0.4, 0.5) is 0 Å². The van der Waals surface area contributed by atoms with Gasteiger partial charge in [0.1, 0.15) is 17.4 Å². The summed E-state index contributed by atoms with van der Waals surface area (Å²) in [6, 6.07) is 14.4. The predicted molar refractivity (Wildman–Crippen MR) is 124 cm³/mol. The topological polar surface area (TPSA) is 88.9 Å². The summed E-state index contributed by atoms with van der Waals surface area (Å²) in [5.41, 5.74) is 2.02. The minimum atomic E-state index is -0.602. The number of carbonyl (C=O) groups is 2. The molecule has 1 aliphatic heterocycles. The van der Waals surface area contributed by atoms with E-state index in [1.807, 2.05) is 19.9 Å². The quantitative estimate of drug-likeness (QED) is 0.444. The van der Waals surface area contributed by atoms with Gasteiger partial charge in [-0.1, -0.05) is 18.2 Å². The van der Waals surface area contributed by atoms with Gasteiger partial charge in [-0.3, -0.25) is 14.5 Å². The van der Waals surface area contributed by atoms with Crippen LogP contribution in [-0.2, 0) is 16.1 Å². The van der Waals surface area contributed by atoms with Crippen LogP contribution in [0.1, 0.15) is 31.9 Å². The van der Waals surface area contributed by atoms with E-state index in [1.165, 1.54) is 0 Å². The van der Waals surface area contributed by atoms with Crippen molar-refractivity contribution in [2.24, 2.45) is 0 Å². The number of nitrogens with zero attached hydrogens (tertiary/aromatic N) is 2. The van der Waals surface area contributed by atoms with Gasteiger partial charge in [0.15, 0.2) is 11.5 Å². The second-order valence-corrected chi connectivity index (χ2v) is 7.29. The molecule has 7 heteroatoms. The van der Waals surface area contributed by atoms with Gasteiger partial charge in [0, 0.05) is 5.57 Å². The number of hydrogen-bond acceptors (Lipinski definition) is 6. The summed E-state index contributed by atoms with van der Waals surface area (Å²) in [6.07, 6.45) is 1.67. The van der Waals surface area contributed by atoms with Crippen molar-refractivity contribution in [3.8, 4) is 23.3 Å². The normalized spacial score (nSPS) is 15.0. The van der Waals surface area contributed by atoms with Crippen LogP contribution in [0.15, 0.2) is 59.2 Å². The van der Waals surface area contributed by atoms with Gasteiger partial charge in [-0.15, -0.1) is 0 Å². The maximum atomic E-state index is 13.3. The maximum Gasteiger partial charge on any atom is 0.271 e. The molecule has 0 bridgehead atoms. The fourth-order valence-electron chi connectivity index (χ4n) is 3.51. The Balaban J connectivity index is 2.01. The molecule has 3 rings (SSSR count). The molecule has 2 amide bonds. The lowest BCUT2D eigenvalue weighted by Gasteiger charge is -2.27. The lowest BCUT2D eigenvalue weighted by Crippen LogP contribution is -2.42. The van der Waals surface area contributed by atoms with Crippen LogP contribution in [0.5, 0.6) is 17.2 Å². The lowest BCUT2D eigenvalue weighted by molar-refractivity contribution is -0.141. The molecule has 0 radical (unpaired) electrons. The van der Waals surface area contributed by atoms with Crippen molar-refractivity contribution in [3.63, 3.8) is 0 Å². The van der Waals surface area contributed by atoms with Crippen molar-refractivity contribution >= 4 is 17.9 Å². The molecule has 0 fully saturated rings. The maximum absolute atomic E-state index is 13.3. The third kappa shape index (κ3) is 5.07. The molecule has 2 aromatic carbocycles. The third-order valence-electron chi connectivity index (χ3n) is 5.20. The molecule has 0 aromatic heterocycles. The molecule has 7 nitrogen and oxygen atoms in total. The minimum absolute atomic E-state index is 0.0466. The number of hydrogen-bond donors (Lipinski definition) is 0. The van der Waals surface area contributed by atoms with Gasteiger partial charge < -0.3 is 14.2 Å². The molecular formula is C26H26N2O5. The standard InChI is InChI=1S/C26H26N2O5/c1-5-32-23-12-9-19(14-24(23)33-6-2)13-21-17(3)22(15-27)26(30)28(25(21)29)16-18-7-10-20(31-4)11-8-18/h7-14H,5-6,16H2,1-4H3/b21-13+. The number of nitriles is 1. The highest BCUT2D eigenvalue weighted by molar-refractivity contribution is 6.19. The highest BCUT2D eigenvalue weighted by Crippen LogP contribution is 2.32. The first-order valence-corrected chi connectivity index (χ1v) is 10.6. The van der Waals surface area contributed by atoms with E-state index in [-0.39, 0.29) is 17.7 Å². The monoisotopic (exact) mass is 446 g/mol. The fraction of sp³-hybridized carbons (Fsp3) is 0.269. The SMILES string of the molecule is CCOc1ccc(/C=C2/C(=O)N(Cc3ccc(OC)cc3)C(=O)C(C#N)=C2C)cc1OCC. The summed E-state index contributed by atoms with van der Waals surface area (Å²) >= 11 is 0. The Labute approximate surface area is 193 Å². The van der Waals surface area contributed by atoms with E-state index in [0.29, 0.717) is 41.6 Å². The molecular weight excluding hydrogens is 420 g/mol. The lowest BCUT2D eigenvalue weighted by atomic mass is 9.93. The second-order valence-electron chi connectivity index (χ2n) is 7.29. The zero-order chi connectivity index (χ0) is 24.0. The number of rotatable bonds is 8. The van der Waals surface area contributed by atoms with Gasteiger partial charge in [0.2, 0.25) is 0 Å². The molecule has 0 saturated carbocycles. The molecule has 0 spiro atoms.